The topological polar surface area (TPSA) is 53.1 Å². The minimum Gasteiger partial charge on any atom is -0.477 e. The fourth-order valence-corrected chi connectivity index (χ4v) is 1.63. The van der Waals surface area contributed by atoms with Crippen molar-refractivity contribution < 1.29 is 14.3 Å². The Kier molecular flexibility index (Phi) is 2.70. The van der Waals surface area contributed by atoms with Gasteiger partial charge >= 0.3 is 5.97 Å². The molecule has 0 spiro atoms. The van der Waals surface area contributed by atoms with Crippen LogP contribution in [0.2, 0.25) is 0 Å². The van der Waals surface area contributed by atoms with Crippen molar-refractivity contribution in [3.05, 3.63) is 40.7 Å². The van der Waals surface area contributed by atoms with E-state index in [9.17, 15) is 9.18 Å². The molecule has 0 aliphatic heterocycles. The van der Waals surface area contributed by atoms with Gasteiger partial charge in [-0.2, -0.15) is 0 Å². The Morgan fingerprint density at radius 2 is 2.25 bits per heavy atom. The fraction of sp³-hybridized carbons (Fsp3) is 0. The van der Waals surface area contributed by atoms with Gasteiger partial charge in [0.2, 0.25) is 0 Å². The molecule has 2 aromatic rings. The smallest absolute Gasteiger partial charge is 0.341 e. The molecule has 0 fully saturated rings. The summed E-state index contributed by atoms with van der Waals surface area (Å²) in [5.74, 6) is -1.54. The lowest BCUT2D eigenvalue weighted by Gasteiger charge is -1.95. The maximum Gasteiger partial charge on any atom is 0.341 e. The number of fused-ring (bicyclic) bond motifs is 1. The average Bonchev–Trinajstić information content (AvgIpc) is 2.63. The number of rotatable bonds is 2. The van der Waals surface area contributed by atoms with E-state index in [-0.39, 0.29) is 4.91 Å². The Hall–Kier alpha value is -1.75. The Morgan fingerprint density at radius 1 is 1.50 bits per heavy atom. The molecule has 0 saturated heterocycles. The van der Waals surface area contributed by atoms with Crippen molar-refractivity contribution in [1.82, 2.24) is 4.98 Å². The van der Waals surface area contributed by atoms with Crippen LogP contribution in [0.5, 0.6) is 0 Å². The van der Waals surface area contributed by atoms with Crippen LogP contribution in [0, 0.1) is 5.82 Å². The van der Waals surface area contributed by atoms with Crippen molar-refractivity contribution in [3.63, 3.8) is 0 Å². The zero-order chi connectivity index (χ0) is 11.7. The Balaban J connectivity index is 2.62. The summed E-state index contributed by atoms with van der Waals surface area (Å²) in [6, 6.07) is 4.63. The number of carbonyl (C=O) groups is 1. The van der Waals surface area contributed by atoms with Crippen LogP contribution in [-0.2, 0) is 4.79 Å². The molecule has 5 heteroatoms. The predicted octanol–water partition coefficient (Wildman–Crippen LogP) is 2.66. The Morgan fingerprint density at radius 3 is 2.94 bits per heavy atom. The number of thiol groups is 1. The highest BCUT2D eigenvalue weighted by molar-refractivity contribution is 7.85. The quantitative estimate of drug-likeness (QED) is 0.555. The summed E-state index contributed by atoms with van der Waals surface area (Å²) in [4.78, 5) is 13.3. The number of aromatic amines is 1. The number of aromatic nitrogens is 1. The third-order valence-corrected chi connectivity index (χ3v) is 2.52. The SMILES string of the molecule is O=C(O)/C(S)=C/c1c[nH]c2cccc(F)c12. The van der Waals surface area contributed by atoms with Crippen LogP contribution >= 0.6 is 12.6 Å². The average molecular weight is 237 g/mol. The van der Waals surface area contributed by atoms with E-state index in [0.717, 1.165) is 0 Å². The molecule has 2 rings (SSSR count). The van der Waals surface area contributed by atoms with Crippen LogP contribution in [0.4, 0.5) is 4.39 Å². The van der Waals surface area contributed by atoms with E-state index < -0.39 is 11.8 Å². The second-order valence-corrected chi connectivity index (χ2v) is 3.72. The molecule has 1 aromatic heterocycles. The van der Waals surface area contributed by atoms with Crippen molar-refractivity contribution >= 4 is 35.6 Å². The zero-order valence-electron chi connectivity index (χ0n) is 8.07. The molecule has 1 heterocycles. The summed E-state index contributed by atoms with van der Waals surface area (Å²) in [6.07, 6.45) is 2.86. The molecule has 1 aromatic carbocycles. The van der Waals surface area contributed by atoms with E-state index in [2.05, 4.69) is 17.6 Å². The summed E-state index contributed by atoms with van der Waals surface area (Å²) in [5, 5.41) is 9.04. The number of benzene rings is 1. The molecular formula is C11H8FNO2S. The second kappa shape index (κ2) is 4.02. The van der Waals surface area contributed by atoms with Crippen LogP contribution in [0.1, 0.15) is 5.56 Å². The highest BCUT2D eigenvalue weighted by atomic mass is 32.1. The van der Waals surface area contributed by atoms with Gasteiger partial charge in [0.25, 0.3) is 0 Å². The van der Waals surface area contributed by atoms with Crippen LogP contribution in [0.15, 0.2) is 29.3 Å². The molecule has 0 unspecified atom stereocenters. The van der Waals surface area contributed by atoms with Gasteiger partial charge in [-0.1, -0.05) is 6.07 Å². The maximum absolute atomic E-state index is 13.5. The normalized spacial score (nSPS) is 12.0. The first-order valence-electron chi connectivity index (χ1n) is 4.49. The minimum absolute atomic E-state index is 0.135. The lowest BCUT2D eigenvalue weighted by atomic mass is 10.1. The van der Waals surface area contributed by atoms with E-state index in [1.807, 2.05) is 0 Å². The first-order valence-corrected chi connectivity index (χ1v) is 4.94. The summed E-state index contributed by atoms with van der Waals surface area (Å²) < 4.78 is 13.5. The first-order chi connectivity index (χ1) is 7.59. The van der Waals surface area contributed by atoms with E-state index in [1.54, 1.807) is 18.3 Å². The van der Waals surface area contributed by atoms with E-state index in [0.29, 0.717) is 16.5 Å². The summed E-state index contributed by atoms with van der Waals surface area (Å²) in [5.41, 5.74) is 1.10. The van der Waals surface area contributed by atoms with Gasteiger partial charge in [-0.15, -0.1) is 12.6 Å². The molecule has 0 amide bonds. The molecule has 0 aliphatic carbocycles. The molecule has 16 heavy (non-hydrogen) atoms. The van der Waals surface area contributed by atoms with Crippen molar-refractivity contribution in [2.45, 2.75) is 0 Å². The Bertz CT molecular complexity index is 589. The number of H-pyrrole nitrogens is 1. The molecule has 82 valence electrons. The van der Waals surface area contributed by atoms with Gasteiger partial charge in [-0.25, -0.2) is 9.18 Å². The molecular weight excluding hydrogens is 229 g/mol. The lowest BCUT2D eigenvalue weighted by Crippen LogP contribution is -1.93. The fourth-order valence-electron chi connectivity index (χ4n) is 1.49. The number of aliphatic carboxylic acids is 1. The van der Waals surface area contributed by atoms with E-state index in [1.165, 1.54) is 12.1 Å². The lowest BCUT2D eigenvalue weighted by molar-refractivity contribution is -0.131. The molecule has 0 bridgehead atoms. The zero-order valence-corrected chi connectivity index (χ0v) is 8.96. The maximum atomic E-state index is 13.5. The number of nitrogens with one attached hydrogen (secondary N) is 1. The second-order valence-electron chi connectivity index (χ2n) is 3.24. The van der Waals surface area contributed by atoms with Crippen molar-refractivity contribution in [2.75, 3.05) is 0 Å². The van der Waals surface area contributed by atoms with E-state index in [4.69, 9.17) is 5.11 Å². The number of carboxylic acid groups (broad SMARTS) is 1. The third-order valence-electron chi connectivity index (χ3n) is 2.20. The summed E-state index contributed by atoms with van der Waals surface area (Å²) in [7, 11) is 0. The van der Waals surface area contributed by atoms with E-state index >= 15 is 0 Å². The molecule has 0 saturated carbocycles. The van der Waals surface area contributed by atoms with Crippen LogP contribution in [-0.4, -0.2) is 16.1 Å². The molecule has 0 radical (unpaired) electrons. The monoisotopic (exact) mass is 237 g/mol. The van der Waals surface area contributed by atoms with Crippen molar-refractivity contribution in [2.24, 2.45) is 0 Å². The van der Waals surface area contributed by atoms with Crippen molar-refractivity contribution in [1.29, 1.82) is 0 Å². The van der Waals surface area contributed by atoms with Gasteiger partial charge < -0.3 is 10.1 Å². The van der Waals surface area contributed by atoms with Crippen molar-refractivity contribution in [3.8, 4) is 0 Å². The van der Waals surface area contributed by atoms with Crippen LogP contribution in [0.25, 0.3) is 17.0 Å². The molecule has 2 N–H and O–H groups in total. The molecule has 0 atom stereocenters. The highest BCUT2D eigenvalue weighted by Gasteiger charge is 2.08. The number of carboxylic acids is 1. The largest absolute Gasteiger partial charge is 0.477 e. The van der Waals surface area contributed by atoms with Crippen LogP contribution < -0.4 is 0 Å². The molecule has 3 nitrogen and oxygen atoms in total. The number of hydrogen-bond donors (Lipinski definition) is 3. The standard InChI is InChI=1S/C11H8FNO2S/c12-7-2-1-3-8-10(7)6(5-13-8)4-9(16)11(14)15/h1-5,13,16H,(H,14,15)/b9-4-. The van der Waals surface area contributed by atoms with Crippen LogP contribution in [0.3, 0.4) is 0 Å². The molecule has 0 aliphatic rings. The van der Waals surface area contributed by atoms with Gasteiger partial charge in [0, 0.05) is 22.7 Å². The van der Waals surface area contributed by atoms with Gasteiger partial charge in [0.15, 0.2) is 0 Å². The van der Waals surface area contributed by atoms with Gasteiger partial charge in [0.05, 0.1) is 4.91 Å². The summed E-state index contributed by atoms with van der Waals surface area (Å²) >= 11 is 3.80. The highest BCUT2D eigenvalue weighted by Crippen LogP contribution is 2.24. The first kappa shape index (κ1) is 10.8. The summed E-state index contributed by atoms with van der Waals surface area (Å²) in [6.45, 7) is 0. The Labute approximate surface area is 96.0 Å². The number of hydrogen-bond acceptors (Lipinski definition) is 2. The minimum atomic E-state index is -1.14. The van der Waals surface area contributed by atoms with Gasteiger partial charge in [-0.05, 0) is 18.2 Å². The third kappa shape index (κ3) is 1.81. The number of halogens is 1. The van der Waals surface area contributed by atoms with Gasteiger partial charge in [0.1, 0.15) is 5.82 Å². The van der Waals surface area contributed by atoms with Gasteiger partial charge in [-0.3, -0.25) is 0 Å². The predicted molar refractivity (Wildman–Crippen MR) is 62.9 cm³/mol.